The fraction of sp³-hybridized carbons (Fsp3) is 0.231. The van der Waals surface area contributed by atoms with Crippen LogP contribution in [-0.4, -0.2) is 28.0 Å². The largest absolute Gasteiger partial charge is 0.494 e. The second-order valence-corrected chi connectivity index (χ2v) is 3.97. The number of aromatic amines is 1. The molecule has 0 unspecified atom stereocenters. The van der Waals surface area contributed by atoms with Crippen LogP contribution in [0.1, 0.15) is 18.9 Å². The molecule has 0 amide bonds. The molecule has 1 aromatic carbocycles. The van der Waals surface area contributed by atoms with Gasteiger partial charge in [-0.05, 0) is 36.2 Å². The van der Waals surface area contributed by atoms with Gasteiger partial charge in [-0.25, -0.2) is 5.43 Å². The van der Waals surface area contributed by atoms with E-state index in [1.807, 2.05) is 24.3 Å². The molecule has 0 spiro atoms. The van der Waals surface area contributed by atoms with E-state index >= 15 is 0 Å². The Kier molecular flexibility index (Phi) is 4.82. The zero-order valence-corrected chi connectivity index (χ0v) is 11.0. The predicted octanol–water partition coefficient (Wildman–Crippen LogP) is 1.40. The highest BCUT2D eigenvalue weighted by atomic mass is 16.5. The third-order valence-corrected chi connectivity index (χ3v) is 2.31. The SMILES string of the molecule is CCCOc1ccc(/C=N/Nc2nncc(=O)[nH]2)cc1. The van der Waals surface area contributed by atoms with Crippen molar-refractivity contribution in [3.05, 3.63) is 46.4 Å². The highest BCUT2D eigenvalue weighted by Crippen LogP contribution is 2.11. The van der Waals surface area contributed by atoms with Crippen molar-refractivity contribution in [2.75, 3.05) is 12.0 Å². The van der Waals surface area contributed by atoms with Crippen LogP contribution in [-0.2, 0) is 0 Å². The van der Waals surface area contributed by atoms with E-state index in [9.17, 15) is 4.79 Å². The Morgan fingerprint density at radius 2 is 2.20 bits per heavy atom. The van der Waals surface area contributed by atoms with Crippen LogP contribution in [0.25, 0.3) is 0 Å². The van der Waals surface area contributed by atoms with Gasteiger partial charge >= 0.3 is 0 Å². The molecule has 0 radical (unpaired) electrons. The number of rotatable bonds is 6. The van der Waals surface area contributed by atoms with Gasteiger partial charge in [0.05, 0.1) is 12.8 Å². The Bertz CT molecular complexity index is 621. The Morgan fingerprint density at radius 1 is 1.40 bits per heavy atom. The summed E-state index contributed by atoms with van der Waals surface area (Å²) >= 11 is 0. The van der Waals surface area contributed by atoms with Gasteiger partial charge in [0.25, 0.3) is 5.56 Å². The molecule has 0 fully saturated rings. The molecule has 0 atom stereocenters. The highest BCUT2D eigenvalue weighted by molar-refractivity contribution is 5.80. The van der Waals surface area contributed by atoms with Gasteiger partial charge in [-0.1, -0.05) is 6.92 Å². The van der Waals surface area contributed by atoms with E-state index in [-0.39, 0.29) is 11.5 Å². The maximum atomic E-state index is 11.0. The Hall–Kier alpha value is -2.70. The number of H-pyrrole nitrogens is 1. The summed E-state index contributed by atoms with van der Waals surface area (Å²) in [6, 6.07) is 7.52. The normalized spacial score (nSPS) is 10.7. The zero-order valence-electron chi connectivity index (χ0n) is 11.0. The molecule has 2 rings (SSSR count). The molecule has 104 valence electrons. The summed E-state index contributed by atoms with van der Waals surface area (Å²) < 4.78 is 5.48. The molecule has 0 saturated carbocycles. The molecule has 0 bridgehead atoms. The number of hydrogen-bond donors (Lipinski definition) is 2. The maximum Gasteiger partial charge on any atom is 0.271 e. The molecule has 0 aliphatic rings. The van der Waals surface area contributed by atoms with Crippen LogP contribution >= 0.6 is 0 Å². The molecular weight excluding hydrogens is 258 g/mol. The lowest BCUT2D eigenvalue weighted by atomic mass is 10.2. The van der Waals surface area contributed by atoms with E-state index in [0.29, 0.717) is 6.61 Å². The van der Waals surface area contributed by atoms with Gasteiger partial charge in [-0.3, -0.25) is 9.78 Å². The predicted molar refractivity (Wildman–Crippen MR) is 76.1 cm³/mol. The lowest BCUT2D eigenvalue weighted by Crippen LogP contribution is -2.10. The first-order chi connectivity index (χ1) is 9.78. The van der Waals surface area contributed by atoms with Crippen molar-refractivity contribution in [2.45, 2.75) is 13.3 Å². The van der Waals surface area contributed by atoms with Crippen LogP contribution in [0.3, 0.4) is 0 Å². The van der Waals surface area contributed by atoms with Gasteiger partial charge in [-0.15, -0.1) is 10.2 Å². The second-order valence-electron chi connectivity index (χ2n) is 3.97. The summed E-state index contributed by atoms with van der Waals surface area (Å²) in [7, 11) is 0. The average Bonchev–Trinajstić information content (AvgIpc) is 2.46. The number of hydrazone groups is 1. The van der Waals surface area contributed by atoms with Gasteiger partial charge < -0.3 is 4.74 Å². The first kappa shape index (κ1) is 13.7. The molecule has 20 heavy (non-hydrogen) atoms. The molecule has 2 N–H and O–H groups in total. The van der Waals surface area contributed by atoms with Gasteiger partial charge in [0.1, 0.15) is 11.9 Å². The summed E-state index contributed by atoms with van der Waals surface area (Å²) in [5.74, 6) is 1.02. The second kappa shape index (κ2) is 7.03. The summed E-state index contributed by atoms with van der Waals surface area (Å²) in [4.78, 5) is 13.4. The van der Waals surface area contributed by atoms with Crippen molar-refractivity contribution < 1.29 is 4.74 Å². The van der Waals surface area contributed by atoms with Gasteiger partial charge in [0.15, 0.2) is 0 Å². The summed E-state index contributed by atoms with van der Waals surface area (Å²) in [6.45, 7) is 2.76. The van der Waals surface area contributed by atoms with Crippen LogP contribution in [0.4, 0.5) is 5.95 Å². The third-order valence-electron chi connectivity index (χ3n) is 2.31. The fourth-order valence-corrected chi connectivity index (χ4v) is 1.40. The van der Waals surface area contributed by atoms with E-state index in [1.54, 1.807) is 6.21 Å². The minimum Gasteiger partial charge on any atom is -0.494 e. The number of nitrogens with zero attached hydrogens (tertiary/aromatic N) is 3. The van der Waals surface area contributed by atoms with Crippen molar-refractivity contribution in [3.63, 3.8) is 0 Å². The van der Waals surface area contributed by atoms with E-state index in [2.05, 4.69) is 32.6 Å². The van der Waals surface area contributed by atoms with Crippen molar-refractivity contribution in [1.82, 2.24) is 15.2 Å². The Morgan fingerprint density at radius 3 is 2.90 bits per heavy atom. The first-order valence-corrected chi connectivity index (χ1v) is 6.22. The molecule has 0 saturated heterocycles. The van der Waals surface area contributed by atoms with Gasteiger partial charge in [-0.2, -0.15) is 5.10 Å². The zero-order chi connectivity index (χ0) is 14.2. The smallest absolute Gasteiger partial charge is 0.271 e. The average molecular weight is 273 g/mol. The number of ether oxygens (including phenoxy) is 1. The van der Waals surface area contributed by atoms with Crippen molar-refractivity contribution in [3.8, 4) is 5.75 Å². The van der Waals surface area contributed by atoms with Crippen LogP contribution < -0.4 is 15.7 Å². The highest BCUT2D eigenvalue weighted by Gasteiger charge is 1.94. The maximum absolute atomic E-state index is 11.0. The monoisotopic (exact) mass is 273 g/mol. The van der Waals surface area contributed by atoms with Gasteiger partial charge in [0, 0.05) is 0 Å². The third kappa shape index (κ3) is 4.20. The van der Waals surface area contributed by atoms with Crippen molar-refractivity contribution in [1.29, 1.82) is 0 Å². The van der Waals surface area contributed by atoms with E-state index < -0.39 is 0 Å². The lowest BCUT2D eigenvalue weighted by Gasteiger charge is -2.03. The summed E-state index contributed by atoms with van der Waals surface area (Å²) in [5.41, 5.74) is 3.15. The Balaban J connectivity index is 1.92. The van der Waals surface area contributed by atoms with Crippen LogP contribution in [0, 0.1) is 0 Å². The number of anilines is 1. The molecule has 0 aliphatic carbocycles. The van der Waals surface area contributed by atoms with Crippen LogP contribution in [0.2, 0.25) is 0 Å². The summed E-state index contributed by atoms with van der Waals surface area (Å²) in [6.07, 6.45) is 3.67. The number of nitrogens with one attached hydrogen (secondary N) is 2. The molecule has 7 nitrogen and oxygen atoms in total. The van der Waals surface area contributed by atoms with Crippen molar-refractivity contribution in [2.24, 2.45) is 5.10 Å². The fourth-order valence-electron chi connectivity index (χ4n) is 1.40. The molecule has 2 aromatic rings. The first-order valence-electron chi connectivity index (χ1n) is 6.22. The number of hydrogen-bond acceptors (Lipinski definition) is 6. The molecule has 1 aromatic heterocycles. The van der Waals surface area contributed by atoms with E-state index in [0.717, 1.165) is 23.9 Å². The van der Waals surface area contributed by atoms with Gasteiger partial charge in [0.2, 0.25) is 5.95 Å². The molecule has 7 heteroatoms. The van der Waals surface area contributed by atoms with Crippen LogP contribution in [0.5, 0.6) is 5.75 Å². The molecule has 0 aliphatic heterocycles. The van der Waals surface area contributed by atoms with E-state index in [1.165, 1.54) is 0 Å². The lowest BCUT2D eigenvalue weighted by molar-refractivity contribution is 0.317. The summed E-state index contributed by atoms with van der Waals surface area (Å²) in [5, 5.41) is 11.1. The molecule has 1 heterocycles. The number of benzene rings is 1. The minimum atomic E-state index is -0.338. The van der Waals surface area contributed by atoms with Crippen molar-refractivity contribution >= 4 is 12.2 Å². The standard InChI is InChI=1S/C13H15N5O2/c1-2-7-20-11-5-3-10(4-6-11)8-14-17-13-16-12(19)9-15-18-13/h3-6,8-9H,2,7H2,1H3,(H2,16,17,18,19)/b14-8+. The number of aromatic nitrogens is 3. The topological polar surface area (TPSA) is 92.3 Å². The quantitative estimate of drug-likeness (QED) is 0.613. The Labute approximate surface area is 115 Å². The van der Waals surface area contributed by atoms with Crippen LogP contribution in [0.15, 0.2) is 40.4 Å². The molecular formula is C13H15N5O2. The minimum absolute atomic E-state index is 0.191. The van der Waals surface area contributed by atoms with E-state index in [4.69, 9.17) is 4.74 Å².